The molecule has 0 unspecified atom stereocenters. The van der Waals surface area contributed by atoms with Gasteiger partial charge in [-0.1, -0.05) is 0 Å². The van der Waals surface area contributed by atoms with Gasteiger partial charge in [0.1, 0.15) is 5.75 Å². The molecule has 0 amide bonds. The van der Waals surface area contributed by atoms with Crippen molar-refractivity contribution in [2.75, 3.05) is 20.8 Å². The predicted octanol–water partition coefficient (Wildman–Crippen LogP) is 0.677. The summed E-state index contributed by atoms with van der Waals surface area (Å²) in [5.74, 6) is -7.02. The van der Waals surface area contributed by atoms with E-state index < -0.39 is 70.9 Å². The van der Waals surface area contributed by atoms with Crippen molar-refractivity contribution in [1.82, 2.24) is 0 Å². The van der Waals surface area contributed by atoms with Crippen LogP contribution in [0.1, 0.15) is 20.8 Å². The number of ether oxygens (including phenoxy) is 7. The minimum Gasteiger partial charge on any atom is -0.497 e. The zero-order valence-corrected chi connectivity index (χ0v) is 18.9. The lowest BCUT2D eigenvalue weighted by molar-refractivity contribution is -0.387. The lowest BCUT2D eigenvalue weighted by Crippen LogP contribution is -2.69. The average molecular weight is 485 g/mol. The number of methoxy groups -OCH3 is 2. The number of nitro benzene ring substituents is 1. The molecule has 1 aromatic carbocycles. The van der Waals surface area contributed by atoms with Crippen LogP contribution in [-0.2, 0) is 42.9 Å². The fourth-order valence-electron chi connectivity index (χ4n) is 3.23. The Kier molecular flexibility index (Phi) is 8.35. The van der Waals surface area contributed by atoms with Gasteiger partial charge in [0, 0.05) is 32.9 Å². The van der Waals surface area contributed by atoms with Gasteiger partial charge in [-0.15, -0.1) is 0 Å². The quantitative estimate of drug-likeness (QED) is 0.217. The zero-order chi connectivity index (χ0) is 25.6. The first-order chi connectivity index (χ1) is 15.9. The third-order valence-corrected chi connectivity index (χ3v) is 4.51. The van der Waals surface area contributed by atoms with E-state index in [1.54, 1.807) is 0 Å². The lowest BCUT2D eigenvalue weighted by atomic mass is 9.95. The van der Waals surface area contributed by atoms with Crippen LogP contribution in [0.25, 0.3) is 0 Å². The number of rotatable bonds is 8. The van der Waals surface area contributed by atoms with Gasteiger partial charge in [-0.2, -0.15) is 0 Å². The van der Waals surface area contributed by atoms with E-state index in [9.17, 15) is 29.3 Å². The van der Waals surface area contributed by atoms with Gasteiger partial charge in [0.15, 0.2) is 12.2 Å². The third kappa shape index (κ3) is 5.70. The van der Waals surface area contributed by atoms with Crippen LogP contribution in [-0.4, -0.2) is 73.7 Å². The molecule has 0 aliphatic carbocycles. The number of nitrogens with zero attached hydrogens (tertiary/aromatic N) is 1. The molecule has 0 spiro atoms. The Morgan fingerprint density at radius 2 is 1.65 bits per heavy atom. The zero-order valence-electron chi connectivity index (χ0n) is 18.9. The van der Waals surface area contributed by atoms with Crippen LogP contribution in [0, 0.1) is 10.1 Å². The van der Waals surface area contributed by atoms with E-state index in [-0.39, 0.29) is 5.75 Å². The van der Waals surface area contributed by atoms with Crippen molar-refractivity contribution in [3.05, 3.63) is 28.3 Å². The van der Waals surface area contributed by atoms with Crippen LogP contribution < -0.4 is 9.47 Å². The van der Waals surface area contributed by atoms with Gasteiger partial charge in [0.2, 0.25) is 11.9 Å². The first-order valence-corrected chi connectivity index (χ1v) is 9.70. The molecule has 1 fully saturated rings. The summed E-state index contributed by atoms with van der Waals surface area (Å²) in [6, 6.07) is 3.42. The van der Waals surface area contributed by atoms with Crippen molar-refractivity contribution < 1.29 is 57.3 Å². The summed E-state index contributed by atoms with van der Waals surface area (Å²) in [5.41, 5.74) is -0.597. The van der Waals surface area contributed by atoms with Crippen LogP contribution in [0.4, 0.5) is 5.69 Å². The molecule has 1 heterocycles. The van der Waals surface area contributed by atoms with Gasteiger partial charge in [-0.05, 0) is 6.07 Å². The fourth-order valence-corrected chi connectivity index (χ4v) is 3.23. The molecule has 0 radical (unpaired) electrons. The summed E-state index contributed by atoms with van der Waals surface area (Å²) >= 11 is 0. The van der Waals surface area contributed by atoms with Crippen molar-refractivity contribution in [3.8, 4) is 11.5 Å². The second-order valence-electron chi connectivity index (χ2n) is 6.91. The minimum atomic E-state index is -2.70. The molecule has 186 valence electrons. The summed E-state index contributed by atoms with van der Waals surface area (Å²) in [6.07, 6.45) is -4.85. The molecule has 0 saturated carbocycles. The molecule has 1 saturated heterocycles. The first-order valence-electron chi connectivity index (χ1n) is 9.70. The molecule has 2 rings (SSSR count). The van der Waals surface area contributed by atoms with E-state index in [1.165, 1.54) is 13.2 Å². The molecular weight excluding hydrogens is 462 g/mol. The Hall–Kier alpha value is -3.94. The Bertz CT molecular complexity index is 977. The van der Waals surface area contributed by atoms with Crippen LogP contribution in [0.15, 0.2) is 18.2 Å². The Morgan fingerprint density at radius 1 is 1.03 bits per heavy atom. The number of carbonyl (C=O) groups is 4. The van der Waals surface area contributed by atoms with E-state index in [0.29, 0.717) is 0 Å². The molecule has 0 aromatic heterocycles. The highest BCUT2D eigenvalue weighted by atomic mass is 16.8. The normalized spacial score (nSPS) is 23.7. The average Bonchev–Trinajstić information content (AvgIpc) is 2.75. The molecule has 14 nitrogen and oxygen atoms in total. The second-order valence-corrected chi connectivity index (χ2v) is 6.91. The highest BCUT2D eigenvalue weighted by Gasteiger charge is 2.64. The second kappa shape index (κ2) is 10.8. The van der Waals surface area contributed by atoms with Gasteiger partial charge in [-0.3, -0.25) is 24.5 Å². The summed E-state index contributed by atoms with van der Waals surface area (Å²) < 4.78 is 36.6. The number of benzene rings is 1. The van der Waals surface area contributed by atoms with Crippen LogP contribution in [0.5, 0.6) is 11.5 Å². The number of carbonyl (C=O) groups excluding carboxylic acids is 4. The Balaban J connectivity index is 2.71. The van der Waals surface area contributed by atoms with Crippen molar-refractivity contribution >= 4 is 29.6 Å². The summed E-state index contributed by atoms with van der Waals surface area (Å²) in [6.45, 7) is 2.49. The van der Waals surface area contributed by atoms with Gasteiger partial charge in [0.25, 0.3) is 0 Å². The summed E-state index contributed by atoms with van der Waals surface area (Å²) in [5, 5.41) is 11.6. The van der Waals surface area contributed by atoms with E-state index >= 15 is 0 Å². The van der Waals surface area contributed by atoms with Gasteiger partial charge in [-0.25, -0.2) is 4.79 Å². The topological polar surface area (TPSA) is 176 Å². The van der Waals surface area contributed by atoms with E-state index in [2.05, 4.69) is 0 Å². The maximum Gasteiger partial charge on any atom is 0.383 e. The van der Waals surface area contributed by atoms with Gasteiger partial charge in [0.05, 0.1) is 25.7 Å². The van der Waals surface area contributed by atoms with Crippen molar-refractivity contribution in [1.29, 1.82) is 0 Å². The predicted molar refractivity (Wildman–Crippen MR) is 108 cm³/mol. The highest BCUT2D eigenvalue weighted by Crippen LogP contribution is 2.40. The molecule has 1 aromatic rings. The maximum absolute atomic E-state index is 13.0. The number of nitro groups is 1. The number of hydrogen-bond acceptors (Lipinski definition) is 13. The first kappa shape index (κ1) is 26.3. The van der Waals surface area contributed by atoms with Crippen LogP contribution in [0.3, 0.4) is 0 Å². The number of esters is 4. The largest absolute Gasteiger partial charge is 0.497 e. The van der Waals surface area contributed by atoms with Gasteiger partial charge >= 0.3 is 35.4 Å². The molecule has 1 aliphatic heterocycles. The standard InChI is InChI=1S/C20H23NO13/c1-10(22)31-16-9-30-20(19(25)29-5,18(33-12(3)24)17(16)32-11(2)23)34-15-8-13(28-4)6-7-14(15)21(26)27/h6-8,16-18H,9H2,1-5H3/t16-,17-,18+,20+/m1/s1. The Labute approximate surface area is 193 Å². The fraction of sp³-hybridized carbons (Fsp3) is 0.500. The molecule has 0 N–H and O–H groups in total. The molecular formula is C20H23NO13. The van der Waals surface area contributed by atoms with Gasteiger partial charge < -0.3 is 33.2 Å². The molecule has 4 atom stereocenters. The monoisotopic (exact) mass is 485 g/mol. The van der Waals surface area contributed by atoms with E-state index in [4.69, 9.17) is 33.2 Å². The lowest BCUT2D eigenvalue weighted by Gasteiger charge is -2.45. The van der Waals surface area contributed by atoms with E-state index in [0.717, 1.165) is 40.0 Å². The summed E-state index contributed by atoms with van der Waals surface area (Å²) in [4.78, 5) is 59.0. The third-order valence-electron chi connectivity index (χ3n) is 4.51. The van der Waals surface area contributed by atoms with Crippen LogP contribution in [0.2, 0.25) is 0 Å². The smallest absolute Gasteiger partial charge is 0.383 e. The number of hydrogen-bond donors (Lipinski definition) is 0. The van der Waals surface area contributed by atoms with Crippen molar-refractivity contribution in [2.45, 2.75) is 44.9 Å². The summed E-state index contributed by atoms with van der Waals surface area (Å²) in [7, 11) is 2.25. The Morgan fingerprint density at radius 3 is 2.15 bits per heavy atom. The SMILES string of the molecule is COC(=O)[C@]1(Oc2cc(OC)ccc2[N+](=O)[O-])OC[C@@H](OC(C)=O)[C@@H](OC(C)=O)[C@@H]1OC(C)=O. The molecule has 34 heavy (non-hydrogen) atoms. The maximum atomic E-state index is 13.0. The minimum absolute atomic E-state index is 0.120. The van der Waals surface area contributed by atoms with Crippen molar-refractivity contribution in [3.63, 3.8) is 0 Å². The molecule has 0 bridgehead atoms. The molecule has 1 aliphatic rings. The highest BCUT2D eigenvalue weighted by molar-refractivity contribution is 5.81. The molecule has 14 heteroatoms. The van der Waals surface area contributed by atoms with E-state index in [1.807, 2.05) is 0 Å². The van der Waals surface area contributed by atoms with Crippen molar-refractivity contribution in [2.24, 2.45) is 0 Å². The van der Waals surface area contributed by atoms with Crippen LogP contribution >= 0.6 is 0 Å².